The van der Waals surface area contributed by atoms with Gasteiger partial charge in [-0.3, -0.25) is 9.59 Å². The Hall–Kier alpha value is -2.67. The normalized spacial score (nSPS) is 22.7. The van der Waals surface area contributed by atoms with Crippen molar-refractivity contribution in [1.29, 1.82) is 0 Å². The molecule has 2 aromatic rings. The number of carbonyl (C=O) groups excluding carboxylic acids is 2. The molecule has 2 aromatic carbocycles. The van der Waals surface area contributed by atoms with Crippen molar-refractivity contribution in [2.24, 2.45) is 17.8 Å². The molecular formula is C26H32N2O4S. The van der Waals surface area contributed by atoms with Crippen LogP contribution in [0.2, 0.25) is 0 Å². The quantitative estimate of drug-likeness (QED) is 0.610. The van der Waals surface area contributed by atoms with Gasteiger partial charge in [-0.05, 0) is 80.7 Å². The van der Waals surface area contributed by atoms with Crippen molar-refractivity contribution in [2.75, 3.05) is 11.1 Å². The Labute approximate surface area is 196 Å². The van der Waals surface area contributed by atoms with E-state index >= 15 is 0 Å². The minimum atomic E-state index is -3.69. The average Bonchev–Trinajstić information content (AvgIpc) is 3.38. The standard InChI is InChI=1S/C26H32N2O4S/c1-17-6-10-23(11-7-17)28-25(29)16-33(31,32)15-20-4-3-5-22(13-20)26(30)27-18(2)24-14-19-8-9-21(24)12-19/h3-7,10-11,13,18-19,21,24H,8-9,12,14-16H2,1-2H3,(H,27,30)(H,28,29). The van der Waals surface area contributed by atoms with E-state index in [2.05, 4.69) is 17.6 Å². The van der Waals surface area contributed by atoms with Gasteiger partial charge in [0.1, 0.15) is 5.75 Å². The summed E-state index contributed by atoms with van der Waals surface area (Å²) < 4.78 is 25.2. The first-order chi connectivity index (χ1) is 15.7. The van der Waals surface area contributed by atoms with Gasteiger partial charge in [-0.1, -0.05) is 36.2 Å². The molecule has 2 aliphatic rings. The molecule has 2 bridgehead atoms. The second-order valence-corrected chi connectivity index (χ2v) is 11.8. The van der Waals surface area contributed by atoms with Gasteiger partial charge in [-0.15, -0.1) is 0 Å². The molecule has 0 aliphatic heterocycles. The SMILES string of the molecule is Cc1ccc(NC(=O)CS(=O)(=O)Cc2cccc(C(=O)NC(C)C3CC4CCC3C4)c2)cc1. The lowest BCUT2D eigenvalue weighted by Gasteiger charge is -2.28. The number of benzene rings is 2. The molecule has 6 nitrogen and oxygen atoms in total. The van der Waals surface area contributed by atoms with Gasteiger partial charge in [0.25, 0.3) is 5.91 Å². The van der Waals surface area contributed by atoms with Gasteiger partial charge in [0.2, 0.25) is 5.91 Å². The van der Waals surface area contributed by atoms with Crippen molar-refractivity contribution in [3.63, 3.8) is 0 Å². The molecule has 0 heterocycles. The van der Waals surface area contributed by atoms with Crippen molar-refractivity contribution in [1.82, 2.24) is 5.32 Å². The highest BCUT2D eigenvalue weighted by Crippen LogP contribution is 2.49. The number of anilines is 1. The molecule has 4 atom stereocenters. The van der Waals surface area contributed by atoms with Gasteiger partial charge in [0.05, 0.1) is 5.75 Å². The molecule has 2 saturated carbocycles. The lowest BCUT2D eigenvalue weighted by atomic mass is 9.84. The number of rotatable bonds is 8. The van der Waals surface area contributed by atoms with Crippen molar-refractivity contribution in [2.45, 2.75) is 51.3 Å². The van der Waals surface area contributed by atoms with Crippen LogP contribution in [0, 0.1) is 24.7 Å². The zero-order chi connectivity index (χ0) is 23.6. The van der Waals surface area contributed by atoms with E-state index in [0.29, 0.717) is 28.7 Å². The van der Waals surface area contributed by atoms with E-state index in [4.69, 9.17) is 0 Å². The Morgan fingerprint density at radius 2 is 1.82 bits per heavy atom. The van der Waals surface area contributed by atoms with Crippen molar-refractivity contribution >= 4 is 27.3 Å². The topological polar surface area (TPSA) is 92.3 Å². The van der Waals surface area contributed by atoms with Crippen LogP contribution >= 0.6 is 0 Å². The van der Waals surface area contributed by atoms with E-state index in [1.54, 1.807) is 36.4 Å². The van der Waals surface area contributed by atoms with Gasteiger partial charge in [0, 0.05) is 17.3 Å². The highest BCUT2D eigenvalue weighted by molar-refractivity contribution is 7.91. The Kier molecular flexibility index (Phi) is 6.88. The first-order valence-corrected chi connectivity index (χ1v) is 13.5. The van der Waals surface area contributed by atoms with E-state index in [-0.39, 0.29) is 17.7 Å². The Morgan fingerprint density at radius 3 is 2.48 bits per heavy atom. The molecule has 4 unspecified atom stereocenters. The zero-order valence-corrected chi connectivity index (χ0v) is 20.0. The Balaban J connectivity index is 1.34. The molecule has 2 amide bonds. The minimum Gasteiger partial charge on any atom is -0.349 e. The first kappa shape index (κ1) is 23.5. The average molecular weight is 469 g/mol. The van der Waals surface area contributed by atoms with E-state index in [1.807, 2.05) is 19.1 Å². The fourth-order valence-electron chi connectivity index (χ4n) is 5.44. The molecule has 176 valence electrons. The first-order valence-electron chi connectivity index (χ1n) is 11.7. The predicted octanol–water partition coefficient (Wildman–Crippen LogP) is 4.10. The van der Waals surface area contributed by atoms with Crippen LogP contribution in [0.4, 0.5) is 5.69 Å². The largest absolute Gasteiger partial charge is 0.349 e. The molecule has 0 aromatic heterocycles. The van der Waals surface area contributed by atoms with Crippen molar-refractivity contribution in [3.05, 3.63) is 65.2 Å². The van der Waals surface area contributed by atoms with Crippen LogP contribution in [0.3, 0.4) is 0 Å². The second kappa shape index (κ2) is 9.67. The smallest absolute Gasteiger partial charge is 0.251 e. The number of amides is 2. The highest BCUT2D eigenvalue weighted by atomic mass is 32.2. The number of carbonyl (C=O) groups is 2. The van der Waals surface area contributed by atoms with Crippen LogP contribution in [0.25, 0.3) is 0 Å². The fourth-order valence-corrected chi connectivity index (χ4v) is 6.71. The maximum absolute atomic E-state index is 12.8. The van der Waals surface area contributed by atoms with Gasteiger partial charge in [-0.2, -0.15) is 0 Å². The third-order valence-corrected chi connectivity index (χ3v) is 8.53. The molecule has 0 saturated heterocycles. The fraction of sp³-hybridized carbons (Fsp3) is 0.462. The van der Waals surface area contributed by atoms with Gasteiger partial charge >= 0.3 is 0 Å². The van der Waals surface area contributed by atoms with Crippen LogP contribution in [0.15, 0.2) is 48.5 Å². The lowest BCUT2D eigenvalue weighted by Crippen LogP contribution is -2.40. The van der Waals surface area contributed by atoms with Crippen molar-refractivity contribution in [3.8, 4) is 0 Å². The number of fused-ring (bicyclic) bond motifs is 2. The maximum Gasteiger partial charge on any atom is 0.251 e. The van der Waals surface area contributed by atoms with E-state index in [9.17, 15) is 18.0 Å². The zero-order valence-electron chi connectivity index (χ0n) is 19.2. The molecule has 0 radical (unpaired) electrons. The number of aryl methyl sites for hydroxylation is 1. The van der Waals surface area contributed by atoms with Gasteiger partial charge in [-0.25, -0.2) is 8.42 Å². The third-order valence-electron chi connectivity index (χ3n) is 7.06. The molecule has 2 N–H and O–H groups in total. The van der Waals surface area contributed by atoms with Crippen molar-refractivity contribution < 1.29 is 18.0 Å². The number of hydrogen-bond donors (Lipinski definition) is 2. The molecule has 4 rings (SSSR count). The summed E-state index contributed by atoms with van der Waals surface area (Å²) in [7, 11) is -3.69. The molecule has 2 fully saturated rings. The molecular weight excluding hydrogens is 436 g/mol. The summed E-state index contributed by atoms with van der Waals surface area (Å²) in [4.78, 5) is 25.0. The van der Waals surface area contributed by atoms with Gasteiger partial charge in [0.15, 0.2) is 9.84 Å². The highest BCUT2D eigenvalue weighted by Gasteiger charge is 2.42. The van der Waals surface area contributed by atoms with Crippen LogP contribution in [-0.2, 0) is 20.4 Å². The Bertz CT molecular complexity index is 1130. The van der Waals surface area contributed by atoms with Crippen LogP contribution in [-0.4, -0.2) is 32.0 Å². The maximum atomic E-state index is 12.8. The number of sulfone groups is 1. The van der Waals surface area contributed by atoms with Crippen LogP contribution < -0.4 is 10.6 Å². The minimum absolute atomic E-state index is 0.102. The van der Waals surface area contributed by atoms with Gasteiger partial charge < -0.3 is 10.6 Å². The number of hydrogen-bond acceptors (Lipinski definition) is 4. The summed E-state index contributed by atoms with van der Waals surface area (Å²) in [5.41, 5.74) is 2.55. The molecule has 7 heteroatoms. The Morgan fingerprint density at radius 1 is 1.06 bits per heavy atom. The summed E-state index contributed by atoms with van der Waals surface area (Å²) in [6.07, 6.45) is 5.06. The van der Waals surface area contributed by atoms with Crippen LogP contribution in [0.1, 0.15) is 54.1 Å². The van der Waals surface area contributed by atoms with E-state index < -0.39 is 21.5 Å². The van der Waals surface area contributed by atoms with E-state index in [1.165, 1.54) is 25.7 Å². The van der Waals surface area contributed by atoms with E-state index in [0.717, 1.165) is 11.5 Å². The second-order valence-electron chi connectivity index (χ2n) is 9.75. The third kappa shape index (κ3) is 6.02. The molecule has 0 spiro atoms. The predicted molar refractivity (Wildman–Crippen MR) is 130 cm³/mol. The monoisotopic (exact) mass is 468 g/mol. The summed E-state index contributed by atoms with van der Waals surface area (Å²) in [5, 5.41) is 5.74. The summed E-state index contributed by atoms with van der Waals surface area (Å²) >= 11 is 0. The molecule has 33 heavy (non-hydrogen) atoms. The summed E-state index contributed by atoms with van der Waals surface area (Å²) in [6.45, 7) is 4.01. The van der Waals surface area contributed by atoms with Crippen LogP contribution in [0.5, 0.6) is 0 Å². The summed E-state index contributed by atoms with van der Waals surface area (Å²) in [5.74, 6) is 0.400. The number of nitrogens with one attached hydrogen (secondary N) is 2. The lowest BCUT2D eigenvalue weighted by molar-refractivity contribution is -0.113. The summed E-state index contributed by atoms with van der Waals surface area (Å²) in [6, 6.07) is 13.9. The molecule has 2 aliphatic carbocycles.